The van der Waals surface area contributed by atoms with Crippen LogP contribution in [0.25, 0.3) is 0 Å². The van der Waals surface area contributed by atoms with Crippen molar-refractivity contribution in [2.45, 2.75) is 25.4 Å². The summed E-state index contributed by atoms with van der Waals surface area (Å²) in [5.74, 6) is -1.93. The average molecular weight is 406 g/mol. The number of likely N-dealkylation sites (tertiary alicyclic amines) is 1. The Morgan fingerprint density at radius 1 is 1.21 bits per heavy atom. The summed E-state index contributed by atoms with van der Waals surface area (Å²) in [7, 11) is 0. The summed E-state index contributed by atoms with van der Waals surface area (Å²) in [6.45, 7) is 0.151. The van der Waals surface area contributed by atoms with Crippen molar-refractivity contribution in [1.29, 1.82) is 0 Å². The number of aliphatic hydroxyl groups is 1. The van der Waals surface area contributed by atoms with Gasteiger partial charge in [0.15, 0.2) is 0 Å². The highest BCUT2D eigenvalue weighted by Crippen LogP contribution is 2.35. The van der Waals surface area contributed by atoms with Crippen LogP contribution in [0.2, 0.25) is 5.02 Å². The van der Waals surface area contributed by atoms with E-state index in [4.69, 9.17) is 11.6 Å². The monoisotopic (exact) mass is 405 g/mol. The van der Waals surface area contributed by atoms with Crippen LogP contribution in [0.3, 0.4) is 0 Å². The summed E-state index contributed by atoms with van der Waals surface area (Å²) in [6, 6.07) is 12.9. The molecule has 5 nitrogen and oxygen atoms in total. The van der Waals surface area contributed by atoms with E-state index in [1.807, 2.05) is 6.07 Å². The molecule has 148 valence electrons. The molecule has 1 amide bonds. The topological polar surface area (TPSA) is 77.8 Å². The van der Waals surface area contributed by atoms with Gasteiger partial charge in [0.2, 0.25) is 5.91 Å². The van der Waals surface area contributed by atoms with Crippen molar-refractivity contribution in [1.82, 2.24) is 4.90 Å². The third kappa shape index (κ3) is 4.18. The number of carbonyl (C=O) groups excluding carboxylic acids is 1. The van der Waals surface area contributed by atoms with Gasteiger partial charge in [-0.15, -0.1) is 0 Å². The Hall–Kier alpha value is -2.44. The summed E-state index contributed by atoms with van der Waals surface area (Å²) in [5.41, 5.74) is -0.231. The quantitative estimate of drug-likeness (QED) is 0.801. The highest BCUT2D eigenvalue weighted by molar-refractivity contribution is 6.31. The summed E-state index contributed by atoms with van der Waals surface area (Å²) >= 11 is 6.00. The molecule has 2 aromatic rings. The Balaban J connectivity index is 1.81. The van der Waals surface area contributed by atoms with Crippen molar-refractivity contribution >= 4 is 23.5 Å². The first-order valence-electron chi connectivity index (χ1n) is 8.99. The van der Waals surface area contributed by atoms with Gasteiger partial charge in [-0.1, -0.05) is 48.0 Å². The molecule has 1 aliphatic rings. The molecule has 28 heavy (non-hydrogen) atoms. The minimum absolute atomic E-state index is 0.0593. The lowest BCUT2D eigenvalue weighted by Crippen LogP contribution is -2.58. The second-order valence-corrected chi connectivity index (χ2v) is 7.56. The highest BCUT2D eigenvalue weighted by atomic mass is 35.5. The number of hydrogen-bond acceptors (Lipinski definition) is 3. The van der Waals surface area contributed by atoms with Crippen molar-refractivity contribution in [2.24, 2.45) is 5.41 Å². The number of carboxylic acids is 1. The fraction of sp³-hybridized carbons (Fsp3) is 0.333. The van der Waals surface area contributed by atoms with Crippen LogP contribution in [0.15, 0.2) is 48.5 Å². The van der Waals surface area contributed by atoms with Crippen LogP contribution in [-0.2, 0) is 22.4 Å². The molecular weight excluding hydrogens is 385 g/mol. The van der Waals surface area contributed by atoms with Crippen molar-refractivity contribution in [3.63, 3.8) is 0 Å². The second kappa shape index (κ2) is 8.29. The fourth-order valence-corrected chi connectivity index (χ4v) is 3.89. The smallest absolute Gasteiger partial charge is 0.314 e. The molecule has 0 unspecified atom stereocenters. The molecule has 7 heteroatoms. The Bertz CT molecular complexity index is 876. The molecule has 0 saturated carbocycles. The number of carbonyl (C=O) groups is 2. The van der Waals surface area contributed by atoms with Gasteiger partial charge < -0.3 is 15.1 Å². The molecule has 1 fully saturated rings. The average Bonchev–Trinajstić information content (AvgIpc) is 2.66. The fourth-order valence-electron chi connectivity index (χ4n) is 3.65. The Morgan fingerprint density at radius 2 is 1.93 bits per heavy atom. The van der Waals surface area contributed by atoms with Crippen LogP contribution in [-0.4, -0.2) is 46.2 Å². The third-order valence-corrected chi connectivity index (χ3v) is 5.63. The van der Waals surface area contributed by atoms with Gasteiger partial charge in [0.25, 0.3) is 0 Å². The number of carboxylic acid groups (broad SMARTS) is 1. The Labute approximate surface area is 167 Å². The number of hydrogen-bond donors (Lipinski definition) is 2. The number of piperidine rings is 1. The van der Waals surface area contributed by atoms with Gasteiger partial charge in [0, 0.05) is 18.1 Å². The van der Waals surface area contributed by atoms with E-state index in [1.54, 1.807) is 24.3 Å². The first kappa shape index (κ1) is 20.3. The van der Waals surface area contributed by atoms with Crippen LogP contribution < -0.4 is 0 Å². The van der Waals surface area contributed by atoms with E-state index in [9.17, 15) is 24.2 Å². The van der Waals surface area contributed by atoms with Crippen molar-refractivity contribution < 1.29 is 24.2 Å². The predicted octanol–water partition coefficient (Wildman–Crippen LogP) is 2.93. The van der Waals surface area contributed by atoms with Gasteiger partial charge in [0.05, 0.1) is 12.5 Å². The number of aliphatic hydroxyl groups excluding tert-OH is 1. The van der Waals surface area contributed by atoms with Crippen LogP contribution in [0, 0.1) is 11.2 Å². The first-order valence-corrected chi connectivity index (χ1v) is 9.37. The Morgan fingerprint density at radius 3 is 2.57 bits per heavy atom. The molecule has 0 radical (unpaired) electrons. The maximum absolute atomic E-state index is 13.2. The minimum Gasteiger partial charge on any atom is -0.481 e. The summed E-state index contributed by atoms with van der Waals surface area (Å²) in [6.07, 6.45) is -0.840. The van der Waals surface area contributed by atoms with E-state index >= 15 is 0 Å². The molecule has 0 aromatic heterocycles. The summed E-state index contributed by atoms with van der Waals surface area (Å²) < 4.78 is 13.2. The van der Waals surface area contributed by atoms with Crippen LogP contribution in [0.1, 0.15) is 17.5 Å². The van der Waals surface area contributed by atoms with E-state index in [1.165, 1.54) is 17.0 Å². The molecule has 0 aliphatic carbocycles. The molecule has 0 spiro atoms. The standard InChI is InChI=1S/C21H21ClFNO4/c22-17-11-16(23)7-6-15(17)10-19(26)24-9-8-18(25)21(13-24,20(27)28)12-14-4-2-1-3-5-14/h1-7,11,18,25H,8-10,12-13H2,(H,27,28)/t18-,21-/m1/s1. The lowest BCUT2D eigenvalue weighted by Gasteiger charge is -2.43. The first-order chi connectivity index (χ1) is 13.3. The molecule has 0 bridgehead atoms. The maximum Gasteiger partial charge on any atom is 0.314 e. The second-order valence-electron chi connectivity index (χ2n) is 7.16. The predicted molar refractivity (Wildman–Crippen MR) is 103 cm³/mol. The number of halogens is 2. The SMILES string of the molecule is O=C(Cc1ccc(F)cc1Cl)N1CC[C@@H](O)[C@](Cc2ccccc2)(C(=O)O)C1. The summed E-state index contributed by atoms with van der Waals surface area (Å²) in [4.78, 5) is 26.4. The highest BCUT2D eigenvalue weighted by Gasteiger charge is 2.50. The van der Waals surface area contributed by atoms with Gasteiger partial charge in [-0.3, -0.25) is 9.59 Å². The van der Waals surface area contributed by atoms with Gasteiger partial charge in [-0.25, -0.2) is 4.39 Å². The van der Waals surface area contributed by atoms with Crippen LogP contribution >= 0.6 is 11.6 Å². The van der Waals surface area contributed by atoms with E-state index in [2.05, 4.69) is 0 Å². The molecule has 3 rings (SSSR count). The number of aliphatic carboxylic acids is 1. The zero-order valence-electron chi connectivity index (χ0n) is 15.1. The van der Waals surface area contributed by atoms with Gasteiger partial charge in [-0.05, 0) is 36.1 Å². The van der Waals surface area contributed by atoms with E-state index in [0.717, 1.165) is 11.6 Å². The minimum atomic E-state index is -1.48. The molecule has 2 N–H and O–H groups in total. The van der Waals surface area contributed by atoms with E-state index in [-0.39, 0.29) is 43.3 Å². The lowest BCUT2D eigenvalue weighted by molar-refractivity contribution is -0.165. The Kier molecular flexibility index (Phi) is 6.01. The molecular formula is C21H21ClFNO4. The zero-order valence-corrected chi connectivity index (χ0v) is 15.9. The van der Waals surface area contributed by atoms with Gasteiger partial charge in [0.1, 0.15) is 11.2 Å². The lowest BCUT2D eigenvalue weighted by atomic mass is 9.72. The molecule has 1 saturated heterocycles. The van der Waals surface area contributed by atoms with E-state index < -0.39 is 23.3 Å². The number of benzene rings is 2. The van der Waals surface area contributed by atoms with Gasteiger partial charge >= 0.3 is 5.97 Å². The number of amides is 1. The zero-order chi connectivity index (χ0) is 20.3. The van der Waals surface area contributed by atoms with Crippen molar-refractivity contribution in [3.8, 4) is 0 Å². The molecule has 1 aliphatic heterocycles. The van der Waals surface area contributed by atoms with E-state index in [0.29, 0.717) is 5.56 Å². The maximum atomic E-state index is 13.2. The number of nitrogens with zero attached hydrogens (tertiary/aromatic N) is 1. The normalized spacial score (nSPS) is 22.1. The van der Waals surface area contributed by atoms with Crippen LogP contribution in [0.5, 0.6) is 0 Å². The molecule has 2 aromatic carbocycles. The van der Waals surface area contributed by atoms with Crippen molar-refractivity contribution in [3.05, 3.63) is 70.5 Å². The molecule has 2 atom stereocenters. The van der Waals surface area contributed by atoms with Crippen LogP contribution in [0.4, 0.5) is 4.39 Å². The third-order valence-electron chi connectivity index (χ3n) is 5.28. The largest absolute Gasteiger partial charge is 0.481 e. The van der Waals surface area contributed by atoms with Crippen molar-refractivity contribution in [2.75, 3.05) is 13.1 Å². The molecule has 1 heterocycles. The van der Waals surface area contributed by atoms with Gasteiger partial charge in [-0.2, -0.15) is 0 Å². The summed E-state index contributed by atoms with van der Waals surface area (Å²) in [5, 5.41) is 20.6. The number of rotatable bonds is 5.